The molecule has 0 aromatic heterocycles. The van der Waals surface area contributed by atoms with Gasteiger partial charge in [0.15, 0.2) is 20.4 Å². The Morgan fingerprint density at radius 1 is 0.971 bits per heavy atom. The van der Waals surface area contributed by atoms with Gasteiger partial charge in [0.1, 0.15) is 5.75 Å². The lowest BCUT2D eigenvalue weighted by atomic mass is 9.98. The van der Waals surface area contributed by atoms with Gasteiger partial charge in [-0.25, -0.2) is 13.9 Å². The van der Waals surface area contributed by atoms with E-state index >= 15 is 0 Å². The quantitative estimate of drug-likeness (QED) is 0.200. The van der Waals surface area contributed by atoms with Gasteiger partial charge in [0.2, 0.25) is 0 Å². The van der Waals surface area contributed by atoms with E-state index in [-0.39, 0.29) is 36.7 Å². The Labute approximate surface area is 203 Å². The molecule has 1 aliphatic heterocycles. The van der Waals surface area contributed by atoms with Gasteiger partial charge in [-0.3, -0.25) is 14.8 Å². The van der Waals surface area contributed by atoms with Gasteiger partial charge in [-0.15, -0.1) is 0 Å². The van der Waals surface area contributed by atoms with Gasteiger partial charge in [0, 0.05) is 25.2 Å². The Hall–Kier alpha value is -3.27. The third-order valence-corrected chi connectivity index (χ3v) is 8.87. The van der Waals surface area contributed by atoms with Crippen molar-refractivity contribution >= 4 is 32.3 Å². The number of Topliss-reactive ketones (excluding diaryl/α,β-unsaturated/α-hetero) is 1. The van der Waals surface area contributed by atoms with Crippen LogP contribution in [0.2, 0.25) is 0 Å². The molecule has 3 aromatic carbocycles. The van der Waals surface area contributed by atoms with Crippen molar-refractivity contribution in [2.45, 2.75) is 35.3 Å². The zero-order valence-corrected chi connectivity index (χ0v) is 19.9. The Bertz CT molecular complexity index is 1310. The van der Waals surface area contributed by atoms with E-state index in [1.54, 1.807) is 0 Å². The Morgan fingerprint density at radius 3 is 2.34 bits per heavy atom. The molecule has 1 saturated heterocycles. The van der Waals surface area contributed by atoms with Crippen LogP contribution in [0.5, 0.6) is 5.75 Å². The number of hydroxylamine groups is 1. The highest BCUT2D eigenvalue weighted by molar-refractivity contribution is 7.93. The van der Waals surface area contributed by atoms with Crippen molar-refractivity contribution in [3.05, 3.63) is 72.3 Å². The normalized spacial score (nSPS) is 15.5. The zero-order chi connectivity index (χ0) is 24.9. The maximum atomic E-state index is 13.3. The average Bonchev–Trinajstić information content (AvgIpc) is 2.90. The van der Waals surface area contributed by atoms with Gasteiger partial charge < -0.3 is 9.47 Å². The van der Waals surface area contributed by atoms with E-state index in [1.165, 1.54) is 29.7 Å². The van der Waals surface area contributed by atoms with Gasteiger partial charge in [-0.2, -0.15) is 0 Å². The van der Waals surface area contributed by atoms with E-state index in [0.717, 1.165) is 10.8 Å². The van der Waals surface area contributed by atoms with Crippen LogP contribution in [0.1, 0.15) is 36.0 Å². The first-order valence-corrected chi connectivity index (χ1v) is 12.9. The molecule has 0 aliphatic carbocycles. The maximum absolute atomic E-state index is 13.3. The van der Waals surface area contributed by atoms with Crippen LogP contribution < -0.4 is 10.2 Å². The van der Waals surface area contributed by atoms with Gasteiger partial charge in [-0.05, 0) is 60.4 Å². The molecule has 0 radical (unpaired) electrons. The van der Waals surface area contributed by atoms with Crippen molar-refractivity contribution < 1.29 is 32.7 Å². The van der Waals surface area contributed by atoms with Crippen LogP contribution in [0.4, 0.5) is 0 Å². The molecule has 0 unspecified atom stereocenters. The molecule has 184 valence electrons. The van der Waals surface area contributed by atoms with Crippen molar-refractivity contribution in [1.29, 1.82) is 0 Å². The Morgan fingerprint density at radius 2 is 1.66 bits per heavy atom. The number of sulfone groups is 1. The van der Waals surface area contributed by atoms with E-state index in [4.69, 9.17) is 14.7 Å². The summed E-state index contributed by atoms with van der Waals surface area (Å²) in [4.78, 5) is 24.8. The summed E-state index contributed by atoms with van der Waals surface area (Å²) in [7, 11) is -4.09. The second-order valence-electron chi connectivity index (χ2n) is 8.46. The number of nitrogens with one attached hydrogen (secondary N) is 1. The molecule has 0 atom stereocenters. The number of carbonyl (C=O) groups excluding carboxylic acids is 2. The van der Waals surface area contributed by atoms with Gasteiger partial charge in [0.05, 0.1) is 11.5 Å². The lowest BCUT2D eigenvalue weighted by Crippen LogP contribution is -2.54. The standard InChI is InChI=1S/C26H27NO7S/c28-24(21-8-7-19-4-1-2-5-20(19)18-21)6-3-15-34-22-9-11-23(12-10-22)35(31,32)26(25(29)27-30)13-16-33-17-14-26/h1-2,4-5,7-12,18,30H,3,6,13-17H2,(H,27,29). The first kappa shape index (κ1) is 24.8. The van der Waals surface area contributed by atoms with Crippen LogP contribution in [-0.2, 0) is 19.4 Å². The van der Waals surface area contributed by atoms with E-state index in [9.17, 15) is 18.0 Å². The maximum Gasteiger partial charge on any atom is 0.265 e. The molecule has 0 saturated carbocycles. The highest BCUT2D eigenvalue weighted by Gasteiger charge is 2.52. The highest BCUT2D eigenvalue weighted by atomic mass is 32.2. The lowest BCUT2D eigenvalue weighted by molar-refractivity contribution is -0.134. The predicted octanol–water partition coefficient (Wildman–Crippen LogP) is 3.71. The third kappa shape index (κ3) is 5.07. The highest BCUT2D eigenvalue weighted by Crippen LogP contribution is 2.35. The second-order valence-corrected chi connectivity index (χ2v) is 10.7. The smallest absolute Gasteiger partial charge is 0.265 e. The SMILES string of the molecule is O=C(CCCOc1ccc(S(=O)(=O)C2(C(=O)NO)CCOCC2)cc1)c1ccc2ccccc2c1. The molecule has 4 rings (SSSR count). The van der Waals surface area contributed by atoms with Crippen molar-refractivity contribution in [2.24, 2.45) is 0 Å². The molecule has 0 bridgehead atoms. The van der Waals surface area contributed by atoms with E-state index in [1.807, 2.05) is 42.5 Å². The minimum atomic E-state index is -4.09. The number of rotatable bonds is 9. The molecule has 1 aliphatic rings. The summed E-state index contributed by atoms with van der Waals surface area (Å²) in [6.07, 6.45) is 0.730. The van der Waals surface area contributed by atoms with Gasteiger partial charge in [-0.1, -0.05) is 36.4 Å². The second kappa shape index (κ2) is 10.6. The number of ether oxygens (including phenoxy) is 2. The molecule has 0 spiro atoms. The predicted molar refractivity (Wildman–Crippen MR) is 129 cm³/mol. The number of fused-ring (bicyclic) bond motifs is 1. The molecule has 9 heteroatoms. The topological polar surface area (TPSA) is 119 Å². The molecule has 1 heterocycles. The summed E-state index contributed by atoms with van der Waals surface area (Å²) < 4.78 is 35.6. The molecule has 2 N–H and O–H groups in total. The zero-order valence-electron chi connectivity index (χ0n) is 19.1. The average molecular weight is 498 g/mol. The molecular formula is C26H27NO7S. The van der Waals surface area contributed by atoms with E-state index < -0.39 is 20.5 Å². The van der Waals surface area contributed by atoms with Crippen LogP contribution in [0.3, 0.4) is 0 Å². The minimum absolute atomic E-state index is 0.0321. The fraction of sp³-hybridized carbons (Fsp3) is 0.308. The largest absolute Gasteiger partial charge is 0.494 e. The Balaban J connectivity index is 1.35. The summed E-state index contributed by atoms with van der Waals surface area (Å²) in [6.45, 7) is 0.497. The van der Waals surface area contributed by atoms with E-state index in [2.05, 4.69) is 0 Å². The van der Waals surface area contributed by atoms with Crippen molar-refractivity contribution in [3.63, 3.8) is 0 Å². The Kier molecular flexibility index (Phi) is 7.49. The van der Waals surface area contributed by atoms with Gasteiger partial charge in [0.25, 0.3) is 5.91 Å². The van der Waals surface area contributed by atoms with Crippen molar-refractivity contribution in [1.82, 2.24) is 5.48 Å². The number of carbonyl (C=O) groups is 2. The first-order chi connectivity index (χ1) is 16.9. The number of hydrogen-bond acceptors (Lipinski definition) is 7. The summed E-state index contributed by atoms with van der Waals surface area (Å²) in [5, 5.41) is 11.2. The molecule has 8 nitrogen and oxygen atoms in total. The summed E-state index contributed by atoms with van der Waals surface area (Å²) in [5.41, 5.74) is 2.16. The minimum Gasteiger partial charge on any atom is -0.494 e. The molecule has 1 amide bonds. The third-order valence-electron chi connectivity index (χ3n) is 6.35. The van der Waals surface area contributed by atoms with Crippen molar-refractivity contribution in [3.8, 4) is 5.75 Å². The van der Waals surface area contributed by atoms with Crippen LogP contribution in [-0.4, -0.2) is 49.9 Å². The fourth-order valence-corrected chi connectivity index (χ4v) is 6.23. The van der Waals surface area contributed by atoms with E-state index in [0.29, 0.717) is 30.8 Å². The summed E-state index contributed by atoms with van der Waals surface area (Å²) in [5.74, 6) is -0.475. The van der Waals surface area contributed by atoms with Crippen LogP contribution in [0.25, 0.3) is 10.8 Å². The first-order valence-electron chi connectivity index (χ1n) is 11.4. The van der Waals surface area contributed by atoms with Crippen LogP contribution in [0, 0.1) is 0 Å². The number of ketones is 1. The summed E-state index contributed by atoms with van der Waals surface area (Å²) in [6, 6.07) is 19.3. The lowest BCUT2D eigenvalue weighted by Gasteiger charge is -2.34. The number of benzene rings is 3. The summed E-state index contributed by atoms with van der Waals surface area (Å²) >= 11 is 0. The molecule has 1 fully saturated rings. The van der Waals surface area contributed by atoms with Crippen molar-refractivity contribution in [2.75, 3.05) is 19.8 Å². The number of hydrogen-bond donors (Lipinski definition) is 2. The molecule has 35 heavy (non-hydrogen) atoms. The monoisotopic (exact) mass is 497 g/mol. The van der Waals surface area contributed by atoms with Crippen LogP contribution in [0.15, 0.2) is 71.6 Å². The fourth-order valence-electron chi connectivity index (χ4n) is 4.29. The molecular weight excluding hydrogens is 470 g/mol. The number of amides is 1. The van der Waals surface area contributed by atoms with Gasteiger partial charge >= 0.3 is 0 Å². The van der Waals surface area contributed by atoms with Crippen LogP contribution >= 0.6 is 0 Å². The molecule has 3 aromatic rings.